The molecule has 0 unspecified atom stereocenters. The molecule has 0 saturated heterocycles. The van der Waals surface area contributed by atoms with E-state index in [9.17, 15) is 4.79 Å². The van der Waals surface area contributed by atoms with Gasteiger partial charge in [0.25, 0.3) is 0 Å². The van der Waals surface area contributed by atoms with E-state index in [-0.39, 0.29) is 17.2 Å². The van der Waals surface area contributed by atoms with Crippen LogP contribution in [0.5, 0.6) is 0 Å². The Bertz CT molecular complexity index is 608. The first kappa shape index (κ1) is 17.8. The summed E-state index contributed by atoms with van der Waals surface area (Å²) in [4.78, 5) is 12.5. The average Bonchev–Trinajstić information content (AvgIpc) is 2.78. The summed E-state index contributed by atoms with van der Waals surface area (Å²) in [7, 11) is 0. The van der Waals surface area contributed by atoms with E-state index < -0.39 is 0 Å². The third kappa shape index (κ3) is 4.04. The van der Waals surface area contributed by atoms with Gasteiger partial charge in [-0.1, -0.05) is 32.4 Å². The largest absolute Gasteiger partial charge is 0.355 e. The first-order valence-electron chi connectivity index (χ1n) is 8.56. The molecule has 1 amide bonds. The molecule has 128 valence electrons. The van der Waals surface area contributed by atoms with Gasteiger partial charge in [-0.05, 0) is 51.0 Å². The van der Waals surface area contributed by atoms with Crippen molar-refractivity contribution in [3.05, 3.63) is 29.1 Å². The molecule has 2 rings (SSSR count). The number of nitrogens with zero attached hydrogens (tertiary/aromatic N) is 2. The van der Waals surface area contributed by atoms with Crippen LogP contribution in [0.4, 0.5) is 0 Å². The monoisotopic (exact) mass is 317 g/mol. The van der Waals surface area contributed by atoms with Crippen molar-refractivity contribution in [1.29, 1.82) is 0 Å². The molecule has 0 bridgehead atoms. The van der Waals surface area contributed by atoms with Gasteiger partial charge in [0.15, 0.2) is 0 Å². The van der Waals surface area contributed by atoms with E-state index in [0.29, 0.717) is 18.4 Å². The van der Waals surface area contributed by atoms with E-state index in [2.05, 4.69) is 64.1 Å². The maximum absolute atomic E-state index is 12.5. The summed E-state index contributed by atoms with van der Waals surface area (Å²) in [5.41, 5.74) is 3.59. The van der Waals surface area contributed by atoms with E-state index in [1.165, 1.54) is 11.3 Å². The van der Waals surface area contributed by atoms with Gasteiger partial charge in [-0.2, -0.15) is 5.10 Å². The van der Waals surface area contributed by atoms with Crippen LogP contribution < -0.4 is 5.32 Å². The van der Waals surface area contributed by atoms with E-state index in [1.54, 1.807) is 0 Å². The van der Waals surface area contributed by atoms with Gasteiger partial charge in [0.1, 0.15) is 0 Å². The van der Waals surface area contributed by atoms with E-state index in [1.807, 2.05) is 11.6 Å². The zero-order valence-corrected chi connectivity index (χ0v) is 15.6. The maximum Gasteiger partial charge on any atom is 0.224 e. The van der Waals surface area contributed by atoms with Gasteiger partial charge in [0, 0.05) is 18.8 Å². The lowest BCUT2D eigenvalue weighted by Gasteiger charge is -2.14. The molecule has 0 spiro atoms. The first-order chi connectivity index (χ1) is 10.6. The molecule has 0 aromatic carbocycles. The van der Waals surface area contributed by atoms with Crippen molar-refractivity contribution < 1.29 is 4.79 Å². The number of carbonyl (C=O) groups is 1. The number of hydrogen-bond acceptors (Lipinski definition) is 2. The van der Waals surface area contributed by atoms with Gasteiger partial charge in [-0.15, -0.1) is 0 Å². The molecule has 1 aliphatic carbocycles. The number of aromatic nitrogens is 2. The quantitative estimate of drug-likeness (QED) is 0.816. The third-order valence-electron chi connectivity index (χ3n) is 4.92. The molecule has 1 fully saturated rings. The minimum absolute atomic E-state index is 0.0836. The summed E-state index contributed by atoms with van der Waals surface area (Å²) >= 11 is 0. The molecular formula is C19H31N3O. The van der Waals surface area contributed by atoms with Crippen molar-refractivity contribution in [3.63, 3.8) is 0 Å². The zero-order valence-electron chi connectivity index (χ0n) is 15.6. The van der Waals surface area contributed by atoms with Gasteiger partial charge in [0.2, 0.25) is 5.91 Å². The van der Waals surface area contributed by atoms with Gasteiger partial charge >= 0.3 is 0 Å². The van der Waals surface area contributed by atoms with Crippen molar-refractivity contribution in [3.8, 4) is 0 Å². The second-order valence-corrected chi connectivity index (χ2v) is 8.03. The first-order valence-corrected chi connectivity index (χ1v) is 8.56. The maximum atomic E-state index is 12.5. The Morgan fingerprint density at radius 2 is 2.09 bits per heavy atom. The standard InChI is InChI=1S/C19H31N3O/c1-12(2)8-16-17(19(16,6)7)18(23)20-10-13(3)11-22-15(5)9-14(4)21-22/h8-9,13,16-17H,10-11H2,1-7H3,(H,20,23)/t13-,16+,17-/m0/s1. The molecule has 4 heteroatoms. The Morgan fingerprint density at radius 1 is 1.43 bits per heavy atom. The van der Waals surface area contributed by atoms with Crippen LogP contribution in [-0.4, -0.2) is 22.2 Å². The normalized spacial score (nSPS) is 23.3. The number of amides is 1. The summed E-state index contributed by atoms with van der Waals surface area (Å²) in [6.07, 6.45) is 2.24. The van der Waals surface area contributed by atoms with Crippen LogP contribution in [-0.2, 0) is 11.3 Å². The number of hydrogen-bond donors (Lipinski definition) is 1. The summed E-state index contributed by atoms with van der Waals surface area (Å²) < 4.78 is 2.03. The highest BCUT2D eigenvalue weighted by atomic mass is 16.2. The van der Waals surface area contributed by atoms with E-state index in [0.717, 1.165) is 12.2 Å². The van der Waals surface area contributed by atoms with Crippen molar-refractivity contribution in [1.82, 2.24) is 15.1 Å². The summed E-state index contributed by atoms with van der Waals surface area (Å²) in [6.45, 7) is 16.3. The Hall–Kier alpha value is -1.58. The van der Waals surface area contributed by atoms with Crippen LogP contribution in [0.15, 0.2) is 17.7 Å². The molecule has 1 N–H and O–H groups in total. The van der Waals surface area contributed by atoms with Crippen molar-refractivity contribution in [2.45, 2.75) is 55.0 Å². The fourth-order valence-electron chi connectivity index (χ4n) is 3.45. The second kappa shape index (κ2) is 6.50. The Kier molecular flexibility index (Phi) is 5.02. The number of rotatable bonds is 6. The molecule has 1 aliphatic rings. The van der Waals surface area contributed by atoms with Gasteiger partial charge in [-0.3, -0.25) is 9.48 Å². The van der Waals surface area contributed by atoms with Crippen molar-refractivity contribution >= 4 is 5.91 Å². The molecule has 1 aromatic heterocycles. The smallest absolute Gasteiger partial charge is 0.224 e. The Morgan fingerprint density at radius 3 is 2.61 bits per heavy atom. The Labute approximate surface area is 140 Å². The lowest BCUT2D eigenvalue weighted by Crippen LogP contribution is -2.32. The predicted octanol–water partition coefficient (Wildman–Crippen LogP) is 3.49. The highest BCUT2D eigenvalue weighted by Crippen LogP contribution is 2.59. The predicted molar refractivity (Wildman–Crippen MR) is 94.1 cm³/mol. The fraction of sp³-hybridized carbons (Fsp3) is 0.684. The molecule has 23 heavy (non-hydrogen) atoms. The second-order valence-electron chi connectivity index (χ2n) is 8.03. The number of carbonyl (C=O) groups excluding carboxylic acids is 1. The van der Waals surface area contributed by atoms with E-state index >= 15 is 0 Å². The van der Waals surface area contributed by atoms with Crippen LogP contribution in [0.25, 0.3) is 0 Å². The third-order valence-corrected chi connectivity index (χ3v) is 4.92. The average molecular weight is 317 g/mol. The lowest BCUT2D eigenvalue weighted by molar-refractivity contribution is -0.123. The lowest BCUT2D eigenvalue weighted by atomic mass is 10.1. The van der Waals surface area contributed by atoms with E-state index in [4.69, 9.17) is 0 Å². The summed E-state index contributed by atoms with van der Waals surface area (Å²) in [5, 5.41) is 7.63. The highest BCUT2D eigenvalue weighted by Gasteiger charge is 2.60. The zero-order chi connectivity index (χ0) is 17.4. The van der Waals surface area contributed by atoms with Crippen LogP contribution in [0.1, 0.15) is 46.0 Å². The summed E-state index contributed by atoms with van der Waals surface area (Å²) in [5.74, 6) is 1.04. The molecule has 0 aliphatic heterocycles. The SMILES string of the molecule is CC(C)=C[C@@H]1[C@@H](C(=O)NC[C@H](C)Cn2nc(C)cc2C)C1(C)C. The Balaban J connectivity index is 1.85. The fourth-order valence-corrected chi connectivity index (χ4v) is 3.45. The van der Waals surface area contributed by atoms with Crippen molar-refractivity contribution in [2.24, 2.45) is 23.2 Å². The molecule has 0 radical (unpaired) electrons. The number of nitrogens with one attached hydrogen (secondary N) is 1. The van der Waals surface area contributed by atoms with Crippen LogP contribution in [0.2, 0.25) is 0 Å². The molecule has 1 aromatic rings. The minimum Gasteiger partial charge on any atom is -0.355 e. The van der Waals surface area contributed by atoms with Gasteiger partial charge in [0.05, 0.1) is 11.6 Å². The van der Waals surface area contributed by atoms with Crippen molar-refractivity contribution in [2.75, 3.05) is 6.54 Å². The minimum atomic E-state index is 0.0836. The van der Waals surface area contributed by atoms with Gasteiger partial charge in [-0.25, -0.2) is 0 Å². The molecule has 4 nitrogen and oxygen atoms in total. The summed E-state index contributed by atoms with van der Waals surface area (Å²) in [6, 6.07) is 2.09. The van der Waals surface area contributed by atoms with Gasteiger partial charge < -0.3 is 5.32 Å². The number of aryl methyl sites for hydroxylation is 2. The van der Waals surface area contributed by atoms with Crippen LogP contribution >= 0.6 is 0 Å². The molecule has 3 atom stereocenters. The molecular weight excluding hydrogens is 286 g/mol. The van der Waals surface area contributed by atoms with Crippen LogP contribution in [0, 0.1) is 37.0 Å². The highest BCUT2D eigenvalue weighted by molar-refractivity contribution is 5.83. The number of allylic oxidation sites excluding steroid dienone is 2. The topological polar surface area (TPSA) is 46.9 Å². The molecule has 1 heterocycles. The molecule has 1 saturated carbocycles. The van der Waals surface area contributed by atoms with Crippen LogP contribution in [0.3, 0.4) is 0 Å².